The van der Waals surface area contributed by atoms with Crippen molar-refractivity contribution in [2.45, 2.75) is 50.3 Å². The summed E-state index contributed by atoms with van der Waals surface area (Å²) in [6, 6.07) is 13.1. The third-order valence-corrected chi connectivity index (χ3v) is 6.40. The van der Waals surface area contributed by atoms with Gasteiger partial charge in [-0.25, -0.2) is 0 Å². The molecule has 0 saturated heterocycles. The number of methoxy groups -OCH3 is 1. The number of unbranched alkanes of at least 4 members (excludes halogenated alkanes) is 1. The van der Waals surface area contributed by atoms with Crippen molar-refractivity contribution in [1.82, 2.24) is 4.98 Å². The van der Waals surface area contributed by atoms with E-state index in [0.29, 0.717) is 5.92 Å². The number of thioether (sulfide) groups is 1. The number of nitrogens with one attached hydrogen (secondary N) is 1. The molecular weight excluding hydrogens is 364 g/mol. The van der Waals surface area contributed by atoms with E-state index in [1.54, 1.807) is 18.9 Å². The first-order chi connectivity index (χ1) is 13.6. The van der Waals surface area contributed by atoms with Gasteiger partial charge in [0.25, 0.3) is 0 Å². The molecule has 0 bridgehead atoms. The fourth-order valence-electron chi connectivity index (χ4n) is 3.87. The molecule has 0 spiro atoms. The van der Waals surface area contributed by atoms with Gasteiger partial charge < -0.3 is 15.5 Å². The number of benzene rings is 2. The summed E-state index contributed by atoms with van der Waals surface area (Å²) in [5.74, 6) is 1.43. The molecule has 0 fully saturated rings. The van der Waals surface area contributed by atoms with Crippen molar-refractivity contribution in [3.8, 4) is 17.0 Å². The van der Waals surface area contributed by atoms with Gasteiger partial charge in [-0.15, -0.1) is 11.8 Å². The standard InChI is InChI=1S/C24H32N2OS/c1-5-16(2)18-10-8-11-20-19(9-6-7-14-25)24(26-23(18)20)21-15-17(28-4)12-13-22(21)27-3/h8,10-13,15-16,26H,5-7,9,14,25H2,1-4H3. The Labute approximate surface area is 173 Å². The molecular formula is C24H32N2OS. The predicted molar refractivity (Wildman–Crippen MR) is 123 cm³/mol. The van der Waals surface area contributed by atoms with Crippen LogP contribution in [0, 0.1) is 0 Å². The van der Waals surface area contributed by atoms with E-state index in [1.165, 1.54) is 32.6 Å². The lowest BCUT2D eigenvalue weighted by atomic mass is 9.94. The average Bonchev–Trinajstić information content (AvgIpc) is 3.11. The highest BCUT2D eigenvalue weighted by Crippen LogP contribution is 2.40. The topological polar surface area (TPSA) is 51.0 Å². The summed E-state index contributed by atoms with van der Waals surface area (Å²) in [6.45, 7) is 5.29. The minimum Gasteiger partial charge on any atom is -0.496 e. The second kappa shape index (κ2) is 9.53. The van der Waals surface area contributed by atoms with Gasteiger partial charge >= 0.3 is 0 Å². The van der Waals surface area contributed by atoms with Gasteiger partial charge in [0.1, 0.15) is 5.75 Å². The number of aryl methyl sites for hydroxylation is 1. The van der Waals surface area contributed by atoms with Crippen molar-refractivity contribution in [2.75, 3.05) is 19.9 Å². The molecule has 0 aliphatic rings. The number of nitrogens with two attached hydrogens (primary N) is 1. The van der Waals surface area contributed by atoms with Gasteiger partial charge in [-0.05, 0) is 73.7 Å². The maximum Gasteiger partial charge on any atom is 0.128 e. The van der Waals surface area contributed by atoms with Crippen molar-refractivity contribution in [3.05, 3.63) is 47.5 Å². The maximum absolute atomic E-state index is 5.76. The number of aromatic amines is 1. The Morgan fingerprint density at radius 3 is 2.68 bits per heavy atom. The molecule has 0 radical (unpaired) electrons. The zero-order valence-electron chi connectivity index (χ0n) is 17.5. The summed E-state index contributed by atoms with van der Waals surface area (Å²) >= 11 is 1.76. The Hall–Kier alpha value is -1.91. The third kappa shape index (κ3) is 4.08. The molecule has 3 nitrogen and oxygen atoms in total. The number of ether oxygens (including phenoxy) is 1. The highest BCUT2D eigenvalue weighted by atomic mass is 32.2. The Bertz CT molecular complexity index is 932. The van der Waals surface area contributed by atoms with E-state index < -0.39 is 0 Å². The quantitative estimate of drug-likeness (QED) is 0.327. The average molecular weight is 397 g/mol. The molecule has 0 aliphatic carbocycles. The van der Waals surface area contributed by atoms with Gasteiger partial charge in [0.05, 0.1) is 12.8 Å². The first-order valence-electron chi connectivity index (χ1n) is 10.2. The van der Waals surface area contributed by atoms with Crippen LogP contribution in [0.2, 0.25) is 0 Å². The van der Waals surface area contributed by atoms with Crippen LogP contribution in [0.4, 0.5) is 0 Å². The molecule has 28 heavy (non-hydrogen) atoms. The summed E-state index contributed by atoms with van der Waals surface area (Å²) in [5, 5.41) is 1.33. The number of rotatable bonds is 9. The van der Waals surface area contributed by atoms with Gasteiger partial charge in [0, 0.05) is 21.4 Å². The number of fused-ring (bicyclic) bond motifs is 1. The molecule has 150 valence electrons. The van der Waals surface area contributed by atoms with Gasteiger partial charge in [0.2, 0.25) is 0 Å². The van der Waals surface area contributed by atoms with Crippen LogP contribution < -0.4 is 10.5 Å². The van der Waals surface area contributed by atoms with Crippen LogP contribution in [0.3, 0.4) is 0 Å². The normalized spacial score (nSPS) is 12.5. The van der Waals surface area contributed by atoms with Crippen molar-refractivity contribution in [2.24, 2.45) is 5.73 Å². The number of H-pyrrole nitrogens is 1. The Morgan fingerprint density at radius 1 is 1.18 bits per heavy atom. The van der Waals surface area contributed by atoms with E-state index in [9.17, 15) is 0 Å². The predicted octanol–water partition coefficient (Wildman–Crippen LogP) is 6.36. The third-order valence-electron chi connectivity index (χ3n) is 5.67. The second-order valence-electron chi connectivity index (χ2n) is 7.37. The molecule has 0 amide bonds. The Kier molecular flexibility index (Phi) is 7.08. The molecule has 1 heterocycles. The van der Waals surface area contributed by atoms with Gasteiger partial charge in [-0.1, -0.05) is 32.0 Å². The molecule has 2 aromatic carbocycles. The fourth-order valence-corrected chi connectivity index (χ4v) is 4.31. The molecule has 0 aliphatic heterocycles. The zero-order valence-corrected chi connectivity index (χ0v) is 18.3. The number of hydrogen-bond donors (Lipinski definition) is 2. The lowest BCUT2D eigenvalue weighted by Crippen LogP contribution is -1.99. The largest absolute Gasteiger partial charge is 0.496 e. The van der Waals surface area contributed by atoms with Crippen LogP contribution in [0.25, 0.3) is 22.2 Å². The van der Waals surface area contributed by atoms with E-state index in [1.807, 2.05) is 0 Å². The van der Waals surface area contributed by atoms with E-state index in [-0.39, 0.29) is 0 Å². The van der Waals surface area contributed by atoms with Gasteiger partial charge in [-0.3, -0.25) is 0 Å². The summed E-state index contributed by atoms with van der Waals surface area (Å²) < 4.78 is 5.73. The number of aromatic nitrogens is 1. The van der Waals surface area contributed by atoms with Crippen LogP contribution in [0.5, 0.6) is 5.75 Å². The van der Waals surface area contributed by atoms with Crippen molar-refractivity contribution >= 4 is 22.7 Å². The molecule has 0 saturated carbocycles. The molecule has 1 unspecified atom stereocenters. The maximum atomic E-state index is 5.76. The van der Waals surface area contributed by atoms with E-state index >= 15 is 0 Å². The summed E-state index contributed by atoms with van der Waals surface area (Å²) in [7, 11) is 1.75. The van der Waals surface area contributed by atoms with Crippen LogP contribution in [0.1, 0.15) is 50.2 Å². The van der Waals surface area contributed by atoms with Crippen LogP contribution >= 0.6 is 11.8 Å². The minimum absolute atomic E-state index is 0.520. The van der Waals surface area contributed by atoms with Gasteiger partial charge in [0.15, 0.2) is 0 Å². The molecule has 3 aromatic rings. The second-order valence-corrected chi connectivity index (χ2v) is 8.25. The Balaban J connectivity index is 2.24. The number of hydrogen-bond acceptors (Lipinski definition) is 3. The molecule has 3 N–H and O–H groups in total. The minimum atomic E-state index is 0.520. The number of para-hydroxylation sites is 1. The van der Waals surface area contributed by atoms with Crippen molar-refractivity contribution in [1.29, 1.82) is 0 Å². The molecule has 4 heteroatoms. The first kappa shape index (κ1) is 20.8. The zero-order chi connectivity index (χ0) is 20.1. The summed E-state index contributed by atoms with van der Waals surface area (Å²) in [4.78, 5) is 5.04. The SMILES string of the molecule is CCC(C)c1cccc2c(CCCCN)c(-c3cc(SC)ccc3OC)[nH]c12. The van der Waals surface area contributed by atoms with E-state index in [0.717, 1.165) is 43.5 Å². The van der Waals surface area contributed by atoms with Crippen molar-refractivity contribution in [3.63, 3.8) is 0 Å². The smallest absolute Gasteiger partial charge is 0.128 e. The van der Waals surface area contributed by atoms with Crippen molar-refractivity contribution < 1.29 is 4.74 Å². The molecule has 1 atom stereocenters. The molecule has 1 aromatic heterocycles. The van der Waals surface area contributed by atoms with E-state index in [4.69, 9.17) is 10.5 Å². The summed E-state index contributed by atoms with van der Waals surface area (Å²) in [5.41, 5.74) is 12.1. The van der Waals surface area contributed by atoms with Crippen LogP contribution in [0.15, 0.2) is 41.3 Å². The summed E-state index contributed by atoms with van der Waals surface area (Å²) in [6.07, 6.45) is 6.39. The van der Waals surface area contributed by atoms with E-state index in [2.05, 4.69) is 61.5 Å². The fraction of sp³-hybridized carbons (Fsp3) is 0.417. The lowest BCUT2D eigenvalue weighted by molar-refractivity contribution is 0.416. The van der Waals surface area contributed by atoms with Crippen LogP contribution in [-0.2, 0) is 6.42 Å². The first-order valence-corrected chi connectivity index (χ1v) is 11.4. The Morgan fingerprint density at radius 2 is 2.00 bits per heavy atom. The molecule has 3 rings (SSSR count). The highest BCUT2D eigenvalue weighted by Gasteiger charge is 2.19. The van der Waals surface area contributed by atoms with Crippen LogP contribution in [-0.4, -0.2) is 24.9 Å². The highest BCUT2D eigenvalue weighted by molar-refractivity contribution is 7.98. The van der Waals surface area contributed by atoms with Gasteiger partial charge in [-0.2, -0.15) is 0 Å². The monoisotopic (exact) mass is 396 g/mol. The lowest BCUT2D eigenvalue weighted by Gasteiger charge is -2.11.